The summed E-state index contributed by atoms with van der Waals surface area (Å²) in [4.78, 5) is 10.1. The number of nitrogens with one attached hydrogen (secondary N) is 1. The number of ether oxygens (including phenoxy) is 1. The zero-order valence-corrected chi connectivity index (χ0v) is 10.6. The second-order valence-electron chi connectivity index (χ2n) is 3.43. The molecule has 0 saturated heterocycles. The molecule has 0 aliphatic rings. The number of carbonyl (C=O) groups excluding carboxylic acids is 1. The molecule has 9 heteroatoms. The topological polar surface area (TPSA) is 148 Å². The lowest BCUT2D eigenvalue weighted by molar-refractivity contribution is 0.159. The van der Waals surface area contributed by atoms with Gasteiger partial charge in [-0.1, -0.05) is 0 Å². The number of rotatable bonds is 5. The standard InChI is InChI=1S/C10H12N4O4S/c11-6-7-1-2-9(8(12)5-7)19(16,17)14-3-4-18-10(13)15/h1-2,5,14H,3-4,12H2,(H2,13,15). The van der Waals surface area contributed by atoms with E-state index in [0.717, 1.165) is 0 Å². The van der Waals surface area contributed by atoms with Gasteiger partial charge in [0.25, 0.3) is 0 Å². The first kappa shape index (κ1) is 14.7. The van der Waals surface area contributed by atoms with Crippen LogP contribution in [0.2, 0.25) is 0 Å². The van der Waals surface area contributed by atoms with Crippen molar-refractivity contribution in [1.82, 2.24) is 4.72 Å². The number of carbonyl (C=O) groups is 1. The van der Waals surface area contributed by atoms with E-state index in [1.165, 1.54) is 18.2 Å². The Morgan fingerprint density at radius 1 is 1.47 bits per heavy atom. The average Bonchev–Trinajstić information content (AvgIpc) is 2.34. The molecule has 1 rings (SSSR count). The van der Waals surface area contributed by atoms with Crippen molar-refractivity contribution in [1.29, 1.82) is 5.26 Å². The van der Waals surface area contributed by atoms with Crippen molar-refractivity contribution < 1.29 is 17.9 Å². The average molecular weight is 284 g/mol. The number of amides is 1. The van der Waals surface area contributed by atoms with Gasteiger partial charge in [-0.25, -0.2) is 17.9 Å². The third-order valence-corrected chi connectivity index (χ3v) is 3.60. The smallest absolute Gasteiger partial charge is 0.404 e. The zero-order valence-electron chi connectivity index (χ0n) is 9.79. The van der Waals surface area contributed by atoms with Crippen LogP contribution in [0.5, 0.6) is 0 Å². The van der Waals surface area contributed by atoms with Crippen LogP contribution in [0.15, 0.2) is 23.1 Å². The molecule has 0 spiro atoms. The Morgan fingerprint density at radius 2 is 2.16 bits per heavy atom. The Kier molecular flexibility index (Phi) is 4.68. The molecule has 0 atom stereocenters. The van der Waals surface area contributed by atoms with E-state index in [9.17, 15) is 13.2 Å². The fraction of sp³-hybridized carbons (Fsp3) is 0.200. The van der Waals surface area contributed by atoms with Gasteiger partial charge in [0.2, 0.25) is 10.0 Å². The molecule has 1 amide bonds. The number of sulfonamides is 1. The predicted molar refractivity (Wildman–Crippen MR) is 66.3 cm³/mol. The van der Waals surface area contributed by atoms with E-state index < -0.39 is 16.1 Å². The maximum atomic E-state index is 11.9. The first-order chi connectivity index (χ1) is 8.86. The number of hydrogen-bond acceptors (Lipinski definition) is 6. The lowest BCUT2D eigenvalue weighted by atomic mass is 10.2. The minimum Gasteiger partial charge on any atom is -0.448 e. The molecule has 1 aromatic carbocycles. The molecular formula is C10H12N4O4S. The van der Waals surface area contributed by atoms with Crippen LogP contribution in [0.1, 0.15) is 5.56 Å². The maximum Gasteiger partial charge on any atom is 0.404 e. The van der Waals surface area contributed by atoms with E-state index in [1.54, 1.807) is 0 Å². The number of nitrogen functional groups attached to an aromatic ring is 1. The van der Waals surface area contributed by atoms with Gasteiger partial charge in [0.15, 0.2) is 0 Å². The van der Waals surface area contributed by atoms with Crippen molar-refractivity contribution in [3.8, 4) is 6.07 Å². The van der Waals surface area contributed by atoms with Gasteiger partial charge < -0.3 is 16.2 Å². The van der Waals surface area contributed by atoms with Gasteiger partial charge in [-0.05, 0) is 18.2 Å². The Morgan fingerprint density at radius 3 is 2.68 bits per heavy atom. The van der Waals surface area contributed by atoms with Crippen LogP contribution in [0, 0.1) is 11.3 Å². The summed E-state index contributed by atoms with van der Waals surface area (Å²) >= 11 is 0. The molecule has 1 aromatic rings. The van der Waals surface area contributed by atoms with Gasteiger partial charge in [-0.2, -0.15) is 5.26 Å². The van der Waals surface area contributed by atoms with E-state index in [-0.39, 0.29) is 29.3 Å². The lowest BCUT2D eigenvalue weighted by Crippen LogP contribution is -2.29. The van der Waals surface area contributed by atoms with E-state index in [2.05, 4.69) is 9.46 Å². The molecule has 0 aromatic heterocycles. The summed E-state index contributed by atoms with van der Waals surface area (Å²) in [6, 6.07) is 5.67. The summed E-state index contributed by atoms with van der Waals surface area (Å²) in [6.07, 6.45) is -0.989. The summed E-state index contributed by atoms with van der Waals surface area (Å²) in [5, 5.41) is 8.65. The van der Waals surface area contributed by atoms with Crippen molar-refractivity contribution in [3.05, 3.63) is 23.8 Å². The monoisotopic (exact) mass is 284 g/mol. The van der Waals surface area contributed by atoms with Crippen molar-refractivity contribution in [2.75, 3.05) is 18.9 Å². The SMILES string of the molecule is N#Cc1ccc(S(=O)(=O)NCCOC(N)=O)c(N)c1. The van der Waals surface area contributed by atoms with E-state index in [1.807, 2.05) is 6.07 Å². The van der Waals surface area contributed by atoms with Gasteiger partial charge in [-0.3, -0.25) is 0 Å². The largest absolute Gasteiger partial charge is 0.448 e. The van der Waals surface area contributed by atoms with Gasteiger partial charge in [0.1, 0.15) is 11.5 Å². The van der Waals surface area contributed by atoms with Crippen LogP contribution in [-0.4, -0.2) is 27.7 Å². The van der Waals surface area contributed by atoms with E-state index >= 15 is 0 Å². The number of hydrogen-bond donors (Lipinski definition) is 3. The highest BCUT2D eigenvalue weighted by Crippen LogP contribution is 2.19. The van der Waals surface area contributed by atoms with Gasteiger partial charge in [0, 0.05) is 6.54 Å². The molecule has 102 valence electrons. The lowest BCUT2D eigenvalue weighted by Gasteiger charge is -2.09. The molecule has 0 saturated carbocycles. The van der Waals surface area contributed by atoms with Crippen molar-refractivity contribution in [2.24, 2.45) is 5.73 Å². The minimum absolute atomic E-state index is 0.0395. The molecule has 0 heterocycles. The Hall–Kier alpha value is -2.31. The molecule has 5 N–H and O–H groups in total. The number of anilines is 1. The van der Waals surface area contributed by atoms with Gasteiger partial charge in [0.05, 0.1) is 17.3 Å². The third kappa shape index (κ3) is 4.13. The highest BCUT2D eigenvalue weighted by molar-refractivity contribution is 7.89. The summed E-state index contributed by atoms with van der Waals surface area (Å²) in [7, 11) is -3.83. The first-order valence-electron chi connectivity index (χ1n) is 5.08. The van der Waals surface area contributed by atoms with Crippen LogP contribution < -0.4 is 16.2 Å². The fourth-order valence-corrected chi connectivity index (χ4v) is 2.39. The fourth-order valence-electron chi connectivity index (χ4n) is 1.27. The molecule has 0 radical (unpaired) electrons. The molecular weight excluding hydrogens is 272 g/mol. The van der Waals surface area contributed by atoms with E-state index in [0.29, 0.717) is 0 Å². The third-order valence-electron chi connectivity index (χ3n) is 2.07. The summed E-state index contributed by atoms with van der Waals surface area (Å²) < 4.78 is 30.3. The molecule has 8 nitrogen and oxygen atoms in total. The Balaban J connectivity index is 2.78. The van der Waals surface area contributed by atoms with Crippen LogP contribution in [0.4, 0.5) is 10.5 Å². The second kappa shape index (κ2) is 6.03. The predicted octanol–water partition coefficient (Wildman–Crippen LogP) is -0.486. The highest BCUT2D eigenvalue weighted by atomic mass is 32.2. The molecule has 0 aliphatic heterocycles. The number of nitrogens with zero attached hydrogens (tertiary/aromatic N) is 1. The molecule has 19 heavy (non-hydrogen) atoms. The minimum atomic E-state index is -3.83. The summed E-state index contributed by atoms with van der Waals surface area (Å²) in [5.41, 5.74) is 10.5. The molecule has 0 fully saturated rings. The van der Waals surface area contributed by atoms with Crippen LogP contribution >= 0.6 is 0 Å². The maximum absolute atomic E-state index is 11.9. The second-order valence-corrected chi connectivity index (χ2v) is 5.17. The van der Waals surface area contributed by atoms with Crippen LogP contribution in [-0.2, 0) is 14.8 Å². The number of benzene rings is 1. The number of nitriles is 1. The number of nitrogens with two attached hydrogens (primary N) is 2. The van der Waals surface area contributed by atoms with Crippen molar-refractivity contribution in [3.63, 3.8) is 0 Å². The zero-order chi connectivity index (χ0) is 14.5. The highest BCUT2D eigenvalue weighted by Gasteiger charge is 2.17. The van der Waals surface area contributed by atoms with Crippen molar-refractivity contribution in [2.45, 2.75) is 4.90 Å². The molecule has 0 aliphatic carbocycles. The number of primary amides is 1. The normalized spacial score (nSPS) is 10.7. The van der Waals surface area contributed by atoms with Gasteiger partial charge >= 0.3 is 6.09 Å². The van der Waals surface area contributed by atoms with Crippen LogP contribution in [0.25, 0.3) is 0 Å². The Labute approximate surface area is 110 Å². The summed E-state index contributed by atoms with van der Waals surface area (Å²) in [6.45, 7) is -0.324. The van der Waals surface area contributed by atoms with Gasteiger partial charge in [-0.15, -0.1) is 0 Å². The van der Waals surface area contributed by atoms with Crippen LogP contribution in [0.3, 0.4) is 0 Å². The first-order valence-corrected chi connectivity index (χ1v) is 6.56. The molecule has 0 bridgehead atoms. The Bertz CT molecular complexity index is 621. The quantitative estimate of drug-likeness (QED) is 0.491. The molecule has 0 unspecified atom stereocenters. The van der Waals surface area contributed by atoms with Crippen molar-refractivity contribution >= 4 is 21.8 Å². The summed E-state index contributed by atoms with van der Waals surface area (Å²) in [5.74, 6) is 0. The van der Waals surface area contributed by atoms with E-state index in [4.69, 9.17) is 16.7 Å².